The Morgan fingerprint density at radius 3 is 2.79 bits per heavy atom. The molecule has 0 aliphatic heterocycles. The predicted octanol–water partition coefficient (Wildman–Crippen LogP) is 3.19. The molecule has 0 fully saturated rings. The number of H-pyrrole nitrogens is 1. The highest BCUT2D eigenvalue weighted by Crippen LogP contribution is 2.21. The van der Waals surface area contributed by atoms with E-state index in [2.05, 4.69) is 20.9 Å². The monoisotopic (exact) mass is 389 g/mol. The van der Waals surface area contributed by atoms with E-state index in [1.165, 1.54) is 13.0 Å². The second-order valence-electron chi connectivity index (χ2n) is 5.41. The number of nitrogens with one attached hydrogen (secondary N) is 1. The van der Waals surface area contributed by atoms with Crippen molar-refractivity contribution in [2.24, 2.45) is 0 Å². The third kappa shape index (κ3) is 3.00. The van der Waals surface area contributed by atoms with Gasteiger partial charge in [-0.05, 0) is 31.2 Å². The molecule has 122 valence electrons. The molecular weight excluding hydrogens is 378 g/mol. The molecule has 0 radical (unpaired) electrons. The molecule has 0 spiro atoms. The standard InChI is InChI=1S/C16H12BrN3O4/c1-9-4-12(20(23)24)7-19(16(9)22)8-15(21)14-6-10-5-11(17)2-3-13(10)18-14/h2-7,18H,8H2,1H3. The van der Waals surface area contributed by atoms with Crippen LogP contribution in [0.25, 0.3) is 10.9 Å². The Morgan fingerprint density at radius 1 is 1.33 bits per heavy atom. The lowest BCUT2D eigenvalue weighted by atomic mass is 10.2. The number of aryl methyl sites for hydroxylation is 1. The zero-order valence-electron chi connectivity index (χ0n) is 12.6. The van der Waals surface area contributed by atoms with Crippen molar-refractivity contribution in [1.29, 1.82) is 0 Å². The van der Waals surface area contributed by atoms with Crippen LogP contribution in [0.4, 0.5) is 5.69 Å². The number of carbonyl (C=O) groups is 1. The molecule has 0 saturated heterocycles. The first-order chi connectivity index (χ1) is 11.3. The Bertz CT molecular complexity index is 1040. The lowest BCUT2D eigenvalue weighted by Crippen LogP contribution is -2.26. The van der Waals surface area contributed by atoms with Gasteiger partial charge in [-0.2, -0.15) is 0 Å². The molecule has 0 atom stereocenters. The third-order valence-corrected chi connectivity index (χ3v) is 4.15. The van der Waals surface area contributed by atoms with Crippen LogP contribution < -0.4 is 5.56 Å². The van der Waals surface area contributed by atoms with E-state index in [0.29, 0.717) is 5.69 Å². The van der Waals surface area contributed by atoms with Crippen LogP contribution in [0.2, 0.25) is 0 Å². The van der Waals surface area contributed by atoms with E-state index in [1.54, 1.807) is 6.07 Å². The maximum Gasteiger partial charge on any atom is 0.286 e. The molecule has 7 nitrogen and oxygen atoms in total. The van der Waals surface area contributed by atoms with Gasteiger partial charge >= 0.3 is 0 Å². The number of Topliss-reactive ketones (excluding diaryl/α,β-unsaturated/α-hetero) is 1. The van der Waals surface area contributed by atoms with E-state index in [0.717, 1.165) is 26.1 Å². The van der Waals surface area contributed by atoms with Crippen molar-refractivity contribution >= 4 is 38.3 Å². The molecule has 3 rings (SSSR count). The van der Waals surface area contributed by atoms with Gasteiger partial charge in [0.25, 0.3) is 11.2 Å². The first-order valence-corrected chi connectivity index (χ1v) is 7.81. The predicted molar refractivity (Wildman–Crippen MR) is 92.4 cm³/mol. The second-order valence-corrected chi connectivity index (χ2v) is 6.32. The molecule has 2 heterocycles. The van der Waals surface area contributed by atoms with E-state index < -0.39 is 10.5 Å². The summed E-state index contributed by atoms with van der Waals surface area (Å²) in [7, 11) is 0. The van der Waals surface area contributed by atoms with Gasteiger partial charge in [0.2, 0.25) is 0 Å². The maximum absolute atomic E-state index is 12.4. The van der Waals surface area contributed by atoms with E-state index in [4.69, 9.17) is 0 Å². The molecule has 2 aromatic heterocycles. The Balaban J connectivity index is 1.96. The van der Waals surface area contributed by atoms with Gasteiger partial charge in [0, 0.05) is 27.0 Å². The number of rotatable bonds is 4. The van der Waals surface area contributed by atoms with Crippen LogP contribution >= 0.6 is 15.9 Å². The number of nitro groups is 1. The number of pyridine rings is 1. The lowest BCUT2D eigenvalue weighted by molar-refractivity contribution is -0.385. The molecule has 3 aromatic rings. The minimum absolute atomic E-state index is 0.220. The zero-order chi connectivity index (χ0) is 17.4. The molecule has 24 heavy (non-hydrogen) atoms. The Morgan fingerprint density at radius 2 is 2.08 bits per heavy atom. The number of aromatic nitrogens is 2. The number of fused-ring (bicyclic) bond motifs is 1. The molecule has 0 unspecified atom stereocenters. The summed E-state index contributed by atoms with van der Waals surface area (Å²) in [6, 6.07) is 8.44. The van der Waals surface area contributed by atoms with Gasteiger partial charge in [0.05, 0.1) is 23.4 Å². The number of ketones is 1. The molecule has 1 N–H and O–H groups in total. The van der Waals surface area contributed by atoms with Gasteiger partial charge in [0.15, 0.2) is 5.78 Å². The SMILES string of the molecule is Cc1cc([N+](=O)[O-])cn(CC(=O)c2cc3cc(Br)ccc3[nH]2)c1=O. The largest absolute Gasteiger partial charge is 0.352 e. The smallest absolute Gasteiger partial charge is 0.286 e. The molecule has 0 bridgehead atoms. The van der Waals surface area contributed by atoms with Gasteiger partial charge < -0.3 is 9.55 Å². The van der Waals surface area contributed by atoms with Crippen molar-refractivity contribution in [3.63, 3.8) is 0 Å². The minimum Gasteiger partial charge on any atom is -0.352 e. The summed E-state index contributed by atoms with van der Waals surface area (Å²) in [6.07, 6.45) is 1.09. The quantitative estimate of drug-likeness (QED) is 0.420. The lowest BCUT2D eigenvalue weighted by Gasteiger charge is -2.05. The average molecular weight is 390 g/mol. The molecule has 0 amide bonds. The number of carbonyl (C=O) groups excluding carboxylic acids is 1. The molecular formula is C16H12BrN3O4. The number of hydrogen-bond donors (Lipinski definition) is 1. The van der Waals surface area contributed by atoms with Crippen molar-refractivity contribution in [3.05, 3.63) is 72.7 Å². The number of hydrogen-bond acceptors (Lipinski definition) is 4. The van der Waals surface area contributed by atoms with Gasteiger partial charge in [-0.15, -0.1) is 0 Å². The summed E-state index contributed by atoms with van der Waals surface area (Å²) in [5, 5.41) is 11.8. The van der Waals surface area contributed by atoms with Crippen molar-refractivity contribution < 1.29 is 9.72 Å². The summed E-state index contributed by atoms with van der Waals surface area (Å²) in [5.74, 6) is -0.329. The van der Waals surface area contributed by atoms with Crippen molar-refractivity contribution in [2.75, 3.05) is 0 Å². The van der Waals surface area contributed by atoms with Gasteiger partial charge in [-0.25, -0.2) is 0 Å². The van der Waals surface area contributed by atoms with Crippen LogP contribution in [-0.2, 0) is 6.54 Å². The fourth-order valence-corrected chi connectivity index (χ4v) is 2.86. The van der Waals surface area contributed by atoms with E-state index >= 15 is 0 Å². The first-order valence-electron chi connectivity index (χ1n) is 7.02. The highest BCUT2D eigenvalue weighted by Gasteiger charge is 2.16. The van der Waals surface area contributed by atoms with Crippen LogP contribution in [0.5, 0.6) is 0 Å². The van der Waals surface area contributed by atoms with E-state index in [9.17, 15) is 19.7 Å². The summed E-state index contributed by atoms with van der Waals surface area (Å²) in [5.41, 5.74) is 0.717. The molecule has 0 saturated carbocycles. The molecule has 0 aliphatic carbocycles. The first kappa shape index (κ1) is 16.1. The summed E-state index contributed by atoms with van der Waals surface area (Å²) < 4.78 is 1.95. The van der Waals surface area contributed by atoms with E-state index in [-0.39, 0.29) is 23.6 Å². The van der Waals surface area contributed by atoms with E-state index in [1.807, 2.05) is 18.2 Å². The second kappa shape index (κ2) is 6.04. The fraction of sp³-hybridized carbons (Fsp3) is 0.125. The van der Waals surface area contributed by atoms with Gasteiger partial charge in [-0.1, -0.05) is 15.9 Å². The van der Waals surface area contributed by atoms with Crippen molar-refractivity contribution in [2.45, 2.75) is 13.5 Å². The van der Waals surface area contributed by atoms with Crippen molar-refractivity contribution in [1.82, 2.24) is 9.55 Å². The van der Waals surface area contributed by atoms with Gasteiger partial charge in [-0.3, -0.25) is 19.7 Å². The average Bonchev–Trinajstić information content (AvgIpc) is 2.94. The fourth-order valence-electron chi connectivity index (χ4n) is 2.48. The summed E-state index contributed by atoms with van der Waals surface area (Å²) in [6.45, 7) is 1.21. The summed E-state index contributed by atoms with van der Waals surface area (Å²) in [4.78, 5) is 37.9. The molecule has 1 aromatic carbocycles. The highest BCUT2D eigenvalue weighted by molar-refractivity contribution is 9.10. The number of halogens is 1. The highest BCUT2D eigenvalue weighted by atomic mass is 79.9. The topological polar surface area (TPSA) is 98.0 Å². The Labute approximate surface area is 144 Å². The zero-order valence-corrected chi connectivity index (χ0v) is 14.2. The number of aromatic amines is 1. The Kier molecular flexibility index (Phi) is 4.06. The number of nitrogens with zero attached hydrogens (tertiary/aromatic N) is 2. The summed E-state index contributed by atoms with van der Waals surface area (Å²) >= 11 is 3.36. The maximum atomic E-state index is 12.4. The van der Waals surface area contributed by atoms with Crippen LogP contribution in [0, 0.1) is 17.0 Å². The van der Waals surface area contributed by atoms with Crippen molar-refractivity contribution in [3.8, 4) is 0 Å². The van der Waals surface area contributed by atoms with Crippen LogP contribution in [0.1, 0.15) is 16.1 Å². The Hall–Kier alpha value is -2.74. The number of benzene rings is 1. The molecule has 8 heteroatoms. The minimum atomic E-state index is -0.589. The third-order valence-electron chi connectivity index (χ3n) is 3.66. The van der Waals surface area contributed by atoms with Crippen LogP contribution in [0.15, 0.2) is 45.8 Å². The molecule has 0 aliphatic rings. The normalized spacial score (nSPS) is 10.9. The van der Waals surface area contributed by atoms with Gasteiger partial charge in [0.1, 0.15) is 0 Å². The van der Waals surface area contributed by atoms with Crippen LogP contribution in [0.3, 0.4) is 0 Å². The van der Waals surface area contributed by atoms with Crippen LogP contribution in [-0.4, -0.2) is 20.3 Å².